The van der Waals surface area contributed by atoms with Crippen LogP contribution >= 0.6 is 11.3 Å². The van der Waals surface area contributed by atoms with Crippen LogP contribution < -0.4 is 4.90 Å². The molecule has 1 saturated heterocycles. The Labute approximate surface area is 114 Å². The third-order valence-electron chi connectivity index (χ3n) is 3.66. The van der Waals surface area contributed by atoms with Crippen LogP contribution in [0.4, 0.5) is 5.82 Å². The molecule has 0 saturated carbocycles. The zero-order chi connectivity index (χ0) is 13.6. The molecule has 19 heavy (non-hydrogen) atoms. The highest BCUT2D eigenvalue weighted by molar-refractivity contribution is 7.18. The van der Waals surface area contributed by atoms with Gasteiger partial charge < -0.3 is 10.0 Å². The molecule has 1 aliphatic heterocycles. The highest BCUT2D eigenvalue weighted by Crippen LogP contribution is 2.34. The Morgan fingerprint density at radius 3 is 2.95 bits per heavy atom. The molecular formula is C13H15N3O2S. The summed E-state index contributed by atoms with van der Waals surface area (Å²) in [7, 11) is 0. The van der Waals surface area contributed by atoms with Crippen molar-refractivity contribution in [2.24, 2.45) is 11.8 Å². The van der Waals surface area contributed by atoms with E-state index < -0.39 is 5.97 Å². The van der Waals surface area contributed by atoms with Crippen molar-refractivity contribution < 1.29 is 9.90 Å². The first-order valence-electron chi connectivity index (χ1n) is 6.25. The van der Waals surface area contributed by atoms with Crippen LogP contribution in [0.2, 0.25) is 0 Å². The molecule has 0 aliphatic carbocycles. The predicted octanol–water partition coefficient (Wildman–Crippen LogP) is 2.16. The van der Waals surface area contributed by atoms with E-state index in [0.717, 1.165) is 22.6 Å². The lowest BCUT2D eigenvalue weighted by atomic mass is 9.99. The van der Waals surface area contributed by atoms with Gasteiger partial charge in [-0.1, -0.05) is 6.92 Å². The standard InChI is InChI=1S/C13H15N3O2S/c1-7-4-16(5-10(7)13(17)18)11-9-3-8(2)19-12(9)15-6-14-11/h3,6-7,10H,4-5H2,1-2H3,(H,17,18)/t7-,10-/m1/s1. The van der Waals surface area contributed by atoms with E-state index in [1.54, 1.807) is 17.7 Å². The Hall–Kier alpha value is -1.69. The molecule has 5 nitrogen and oxygen atoms in total. The molecule has 0 unspecified atom stereocenters. The van der Waals surface area contributed by atoms with Crippen LogP contribution in [-0.2, 0) is 4.79 Å². The van der Waals surface area contributed by atoms with Crippen molar-refractivity contribution in [3.63, 3.8) is 0 Å². The van der Waals surface area contributed by atoms with E-state index in [1.165, 1.54) is 4.88 Å². The number of hydrogen-bond donors (Lipinski definition) is 1. The molecule has 3 rings (SSSR count). The average Bonchev–Trinajstić information content (AvgIpc) is 2.90. The second-order valence-electron chi connectivity index (χ2n) is 5.10. The molecule has 6 heteroatoms. The quantitative estimate of drug-likeness (QED) is 0.911. The van der Waals surface area contributed by atoms with Gasteiger partial charge in [-0.25, -0.2) is 9.97 Å². The van der Waals surface area contributed by atoms with E-state index >= 15 is 0 Å². The molecule has 0 bridgehead atoms. The smallest absolute Gasteiger partial charge is 0.308 e. The van der Waals surface area contributed by atoms with E-state index in [1.807, 2.05) is 13.8 Å². The molecule has 3 heterocycles. The summed E-state index contributed by atoms with van der Waals surface area (Å²) in [6.45, 7) is 5.29. The number of fused-ring (bicyclic) bond motifs is 1. The van der Waals surface area contributed by atoms with Crippen LogP contribution in [0, 0.1) is 18.8 Å². The van der Waals surface area contributed by atoms with Gasteiger partial charge in [0, 0.05) is 18.0 Å². The number of aliphatic carboxylic acids is 1. The maximum absolute atomic E-state index is 11.2. The first-order valence-corrected chi connectivity index (χ1v) is 7.07. The first kappa shape index (κ1) is 12.3. The van der Waals surface area contributed by atoms with E-state index in [-0.39, 0.29) is 11.8 Å². The molecule has 2 aromatic heterocycles. The molecule has 100 valence electrons. The molecule has 1 aliphatic rings. The third kappa shape index (κ3) is 2.06. The highest BCUT2D eigenvalue weighted by Gasteiger charge is 2.35. The maximum Gasteiger partial charge on any atom is 0.308 e. The molecule has 0 amide bonds. The Kier molecular flexibility index (Phi) is 2.89. The molecular weight excluding hydrogens is 262 g/mol. The molecule has 0 aromatic carbocycles. The van der Waals surface area contributed by atoms with Gasteiger partial charge in [-0.2, -0.15) is 0 Å². The molecule has 1 fully saturated rings. The van der Waals surface area contributed by atoms with Crippen LogP contribution in [0.15, 0.2) is 12.4 Å². The van der Waals surface area contributed by atoms with Gasteiger partial charge in [-0.15, -0.1) is 11.3 Å². The van der Waals surface area contributed by atoms with E-state index in [4.69, 9.17) is 0 Å². The van der Waals surface area contributed by atoms with Crippen molar-refractivity contribution in [1.82, 2.24) is 9.97 Å². The van der Waals surface area contributed by atoms with Crippen molar-refractivity contribution in [1.29, 1.82) is 0 Å². The summed E-state index contributed by atoms with van der Waals surface area (Å²) in [4.78, 5) is 24.1. The summed E-state index contributed by atoms with van der Waals surface area (Å²) < 4.78 is 0. The van der Waals surface area contributed by atoms with Gasteiger partial charge in [0.05, 0.1) is 11.3 Å². The maximum atomic E-state index is 11.2. The lowest BCUT2D eigenvalue weighted by Gasteiger charge is -2.17. The van der Waals surface area contributed by atoms with Crippen molar-refractivity contribution in [3.8, 4) is 0 Å². The zero-order valence-electron chi connectivity index (χ0n) is 10.8. The lowest BCUT2D eigenvalue weighted by molar-refractivity contribution is -0.142. The summed E-state index contributed by atoms with van der Waals surface area (Å²) in [6, 6.07) is 2.08. The van der Waals surface area contributed by atoms with Gasteiger partial charge in [-0.05, 0) is 18.9 Å². The fourth-order valence-corrected chi connectivity index (χ4v) is 3.52. The van der Waals surface area contributed by atoms with Gasteiger partial charge in [0.25, 0.3) is 0 Å². The van der Waals surface area contributed by atoms with Gasteiger partial charge in [0.1, 0.15) is 17.0 Å². The number of thiophene rings is 1. The minimum absolute atomic E-state index is 0.141. The van der Waals surface area contributed by atoms with Crippen molar-refractivity contribution >= 4 is 33.3 Å². The number of aryl methyl sites for hydroxylation is 1. The molecule has 0 spiro atoms. The Balaban J connectivity index is 1.99. The molecule has 1 N–H and O–H groups in total. The fraction of sp³-hybridized carbons (Fsp3) is 0.462. The van der Waals surface area contributed by atoms with Crippen LogP contribution in [0.3, 0.4) is 0 Å². The van der Waals surface area contributed by atoms with Crippen LogP contribution in [0.1, 0.15) is 11.8 Å². The average molecular weight is 277 g/mol. The van der Waals surface area contributed by atoms with E-state index in [2.05, 4.69) is 20.9 Å². The SMILES string of the molecule is Cc1cc2c(N3C[C@@H](C)[C@H](C(=O)O)C3)ncnc2s1. The van der Waals surface area contributed by atoms with Crippen LogP contribution in [-0.4, -0.2) is 34.1 Å². The summed E-state index contributed by atoms with van der Waals surface area (Å²) in [5, 5.41) is 10.2. The zero-order valence-corrected chi connectivity index (χ0v) is 11.6. The number of carboxylic acid groups (broad SMARTS) is 1. The number of aromatic nitrogens is 2. The Bertz CT molecular complexity index is 640. The number of rotatable bonds is 2. The fourth-order valence-electron chi connectivity index (χ4n) is 2.68. The van der Waals surface area contributed by atoms with E-state index in [9.17, 15) is 9.90 Å². The Morgan fingerprint density at radius 2 is 2.26 bits per heavy atom. The monoisotopic (exact) mass is 277 g/mol. The highest BCUT2D eigenvalue weighted by atomic mass is 32.1. The van der Waals surface area contributed by atoms with Gasteiger partial charge in [0.2, 0.25) is 0 Å². The number of hydrogen-bond acceptors (Lipinski definition) is 5. The minimum atomic E-state index is -0.721. The second kappa shape index (κ2) is 4.45. The summed E-state index contributed by atoms with van der Waals surface area (Å²) in [5.74, 6) is -0.0289. The van der Waals surface area contributed by atoms with Crippen LogP contribution in [0.25, 0.3) is 10.2 Å². The van der Waals surface area contributed by atoms with Crippen molar-refractivity contribution in [2.45, 2.75) is 13.8 Å². The third-order valence-corrected chi connectivity index (χ3v) is 4.62. The largest absolute Gasteiger partial charge is 0.481 e. The summed E-state index contributed by atoms with van der Waals surface area (Å²) in [5.41, 5.74) is 0. The second-order valence-corrected chi connectivity index (χ2v) is 6.33. The predicted molar refractivity (Wildman–Crippen MR) is 74.7 cm³/mol. The topological polar surface area (TPSA) is 66.3 Å². The first-order chi connectivity index (χ1) is 9.06. The minimum Gasteiger partial charge on any atom is -0.481 e. The molecule has 0 radical (unpaired) electrons. The number of carboxylic acids is 1. The summed E-state index contributed by atoms with van der Waals surface area (Å²) >= 11 is 1.64. The number of nitrogens with zero attached hydrogens (tertiary/aromatic N) is 3. The van der Waals surface area contributed by atoms with Gasteiger partial charge in [0.15, 0.2) is 0 Å². The van der Waals surface area contributed by atoms with E-state index in [0.29, 0.717) is 6.54 Å². The Morgan fingerprint density at radius 1 is 1.47 bits per heavy atom. The number of anilines is 1. The van der Waals surface area contributed by atoms with Gasteiger partial charge >= 0.3 is 5.97 Å². The molecule has 2 aromatic rings. The van der Waals surface area contributed by atoms with Gasteiger partial charge in [-0.3, -0.25) is 4.79 Å². The van der Waals surface area contributed by atoms with Crippen LogP contribution in [0.5, 0.6) is 0 Å². The lowest BCUT2D eigenvalue weighted by Crippen LogP contribution is -2.23. The normalized spacial score (nSPS) is 23.2. The number of carbonyl (C=O) groups is 1. The van der Waals surface area contributed by atoms with Crippen molar-refractivity contribution in [3.05, 3.63) is 17.3 Å². The molecule has 2 atom stereocenters. The van der Waals surface area contributed by atoms with Crippen molar-refractivity contribution in [2.75, 3.05) is 18.0 Å². The summed E-state index contributed by atoms with van der Waals surface area (Å²) in [6.07, 6.45) is 1.56.